The van der Waals surface area contributed by atoms with Crippen LogP contribution < -0.4 is 4.74 Å². The fraction of sp³-hybridized carbons (Fsp3) is 0.222. The van der Waals surface area contributed by atoms with Crippen LogP contribution in [0.25, 0.3) is 0 Å². The molecule has 22 heavy (non-hydrogen) atoms. The van der Waals surface area contributed by atoms with E-state index in [1.165, 1.54) is 12.1 Å². The van der Waals surface area contributed by atoms with E-state index in [1.807, 2.05) is 13.0 Å². The third-order valence-electron chi connectivity index (χ3n) is 4.72. The van der Waals surface area contributed by atoms with E-state index in [0.717, 1.165) is 17.0 Å². The van der Waals surface area contributed by atoms with Gasteiger partial charge in [-0.05, 0) is 55.3 Å². The highest BCUT2D eigenvalue weighted by atomic mass is 19.1. The van der Waals surface area contributed by atoms with Crippen molar-refractivity contribution in [2.24, 2.45) is 4.99 Å². The summed E-state index contributed by atoms with van der Waals surface area (Å²) in [5, 5.41) is 0. The summed E-state index contributed by atoms with van der Waals surface area (Å²) in [5.41, 5.74) is 2.83. The molecule has 2 aliphatic rings. The van der Waals surface area contributed by atoms with Crippen molar-refractivity contribution in [1.29, 1.82) is 0 Å². The Morgan fingerprint density at radius 2 is 2.05 bits per heavy atom. The Bertz CT molecular complexity index is 856. The lowest BCUT2D eigenvalue weighted by Gasteiger charge is -2.23. The first kappa shape index (κ1) is 13.2. The fourth-order valence-corrected chi connectivity index (χ4v) is 3.59. The van der Waals surface area contributed by atoms with E-state index in [0.29, 0.717) is 23.2 Å². The average Bonchev–Trinajstić information content (AvgIpc) is 2.96. The number of carbonyl (C=O) groups excluding carboxylic acids is 1. The van der Waals surface area contributed by atoms with Crippen LogP contribution in [-0.4, -0.2) is 18.6 Å². The van der Waals surface area contributed by atoms with Crippen molar-refractivity contribution < 1.29 is 13.9 Å². The lowest BCUT2D eigenvalue weighted by molar-refractivity contribution is 0.0946. The molecule has 2 aromatic carbocycles. The molecule has 0 aromatic heterocycles. The van der Waals surface area contributed by atoms with E-state index in [4.69, 9.17) is 4.74 Å². The van der Waals surface area contributed by atoms with Crippen LogP contribution in [-0.2, 0) is 11.8 Å². The smallest absolute Gasteiger partial charge is 0.179 e. The van der Waals surface area contributed by atoms with Crippen LogP contribution in [0.5, 0.6) is 5.75 Å². The van der Waals surface area contributed by atoms with Crippen molar-refractivity contribution in [2.45, 2.75) is 18.8 Å². The van der Waals surface area contributed by atoms with Crippen molar-refractivity contribution in [2.75, 3.05) is 7.11 Å². The van der Waals surface area contributed by atoms with Crippen molar-refractivity contribution >= 4 is 17.2 Å². The Kier molecular flexibility index (Phi) is 2.55. The number of benzene rings is 2. The Labute approximate surface area is 127 Å². The monoisotopic (exact) mass is 295 g/mol. The number of carbonyl (C=O) groups is 1. The Balaban J connectivity index is 1.93. The van der Waals surface area contributed by atoms with Crippen molar-refractivity contribution in [1.82, 2.24) is 0 Å². The lowest BCUT2D eigenvalue weighted by atomic mass is 9.74. The van der Waals surface area contributed by atoms with Gasteiger partial charge in [0, 0.05) is 16.8 Å². The van der Waals surface area contributed by atoms with Gasteiger partial charge in [0.15, 0.2) is 5.78 Å². The summed E-state index contributed by atoms with van der Waals surface area (Å²) in [6, 6.07) is 9.91. The maximum Gasteiger partial charge on any atom is 0.179 e. The molecule has 0 fully saturated rings. The topological polar surface area (TPSA) is 38.7 Å². The molecule has 4 heteroatoms. The number of methoxy groups -OCH3 is 1. The minimum Gasteiger partial charge on any atom is -0.497 e. The van der Waals surface area contributed by atoms with E-state index >= 15 is 0 Å². The molecule has 0 saturated heterocycles. The van der Waals surface area contributed by atoms with Gasteiger partial charge < -0.3 is 4.74 Å². The highest BCUT2D eigenvalue weighted by Crippen LogP contribution is 2.49. The summed E-state index contributed by atoms with van der Waals surface area (Å²) in [6.45, 7) is 1.85. The normalized spacial score (nSPS) is 21.8. The van der Waals surface area contributed by atoms with Gasteiger partial charge in [0.05, 0.1) is 12.8 Å². The molecule has 2 aromatic rings. The van der Waals surface area contributed by atoms with Crippen LogP contribution in [0.4, 0.5) is 10.1 Å². The van der Waals surface area contributed by atoms with Gasteiger partial charge in [-0.15, -0.1) is 0 Å². The summed E-state index contributed by atoms with van der Waals surface area (Å²) in [7, 11) is 1.60. The molecule has 110 valence electrons. The second-order valence-electron chi connectivity index (χ2n) is 5.79. The number of halogens is 1. The number of ketones is 1. The molecule has 0 radical (unpaired) electrons. The summed E-state index contributed by atoms with van der Waals surface area (Å²) >= 11 is 0. The highest BCUT2D eigenvalue weighted by Gasteiger charge is 2.52. The van der Waals surface area contributed by atoms with Gasteiger partial charge in [-0.3, -0.25) is 9.79 Å². The van der Waals surface area contributed by atoms with Crippen LogP contribution in [0.2, 0.25) is 0 Å². The minimum atomic E-state index is -0.855. The van der Waals surface area contributed by atoms with Crippen molar-refractivity contribution in [3.63, 3.8) is 0 Å². The van der Waals surface area contributed by atoms with Gasteiger partial charge in [0.25, 0.3) is 0 Å². The zero-order valence-electron chi connectivity index (χ0n) is 12.3. The SMILES string of the molecule is COc1ccc2c(c1)CC1(C2=O)C(C)=Nc2ccc(F)cc21. The summed E-state index contributed by atoms with van der Waals surface area (Å²) in [5.74, 6) is 0.371. The molecule has 0 N–H and O–H groups in total. The van der Waals surface area contributed by atoms with Crippen LogP contribution in [0, 0.1) is 5.82 Å². The van der Waals surface area contributed by atoms with E-state index < -0.39 is 5.41 Å². The minimum absolute atomic E-state index is 0.00393. The predicted molar refractivity (Wildman–Crippen MR) is 81.9 cm³/mol. The molecule has 1 unspecified atom stereocenters. The Morgan fingerprint density at radius 1 is 1.23 bits per heavy atom. The van der Waals surface area contributed by atoms with Crippen LogP contribution in [0.3, 0.4) is 0 Å². The van der Waals surface area contributed by atoms with Gasteiger partial charge >= 0.3 is 0 Å². The first-order chi connectivity index (χ1) is 10.6. The lowest BCUT2D eigenvalue weighted by Crippen LogP contribution is -2.38. The highest BCUT2D eigenvalue weighted by molar-refractivity contribution is 6.26. The van der Waals surface area contributed by atoms with E-state index in [2.05, 4.69) is 4.99 Å². The maximum absolute atomic E-state index is 13.7. The summed E-state index contributed by atoms with van der Waals surface area (Å²) in [6.07, 6.45) is 0.504. The first-order valence-corrected chi connectivity index (χ1v) is 7.14. The van der Waals surface area contributed by atoms with Gasteiger partial charge in [-0.25, -0.2) is 4.39 Å². The molecule has 1 aliphatic carbocycles. The third-order valence-corrected chi connectivity index (χ3v) is 4.72. The summed E-state index contributed by atoms with van der Waals surface area (Å²) < 4.78 is 19.0. The molecule has 4 rings (SSSR count). The molecule has 0 saturated carbocycles. The largest absolute Gasteiger partial charge is 0.497 e. The number of fused-ring (bicyclic) bond motifs is 3. The fourth-order valence-electron chi connectivity index (χ4n) is 3.59. The summed E-state index contributed by atoms with van der Waals surface area (Å²) in [4.78, 5) is 17.6. The molecule has 1 aliphatic heterocycles. The Hall–Kier alpha value is -2.49. The number of aliphatic imine (C=N–C) groups is 1. The molecule has 1 atom stereocenters. The van der Waals surface area contributed by atoms with Crippen LogP contribution >= 0.6 is 0 Å². The van der Waals surface area contributed by atoms with Crippen LogP contribution in [0.1, 0.15) is 28.4 Å². The molecule has 1 heterocycles. The average molecular weight is 295 g/mol. The van der Waals surface area contributed by atoms with Crippen molar-refractivity contribution in [3.05, 3.63) is 58.9 Å². The van der Waals surface area contributed by atoms with Crippen LogP contribution in [0.15, 0.2) is 41.4 Å². The van der Waals surface area contributed by atoms with E-state index in [-0.39, 0.29) is 11.6 Å². The zero-order chi connectivity index (χ0) is 15.5. The molecular weight excluding hydrogens is 281 g/mol. The number of Topliss-reactive ketones (excluding diaryl/α,β-unsaturated/α-hetero) is 1. The van der Waals surface area contributed by atoms with Gasteiger partial charge in [0.2, 0.25) is 0 Å². The molecular formula is C18H14FNO2. The van der Waals surface area contributed by atoms with Gasteiger partial charge in [-0.2, -0.15) is 0 Å². The first-order valence-electron chi connectivity index (χ1n) is 7.14. The van der Waals surface area contributed by atoms with Gasteiger partial charge in [0.1, 0.15) is 17.0 Å². The zero-order valence-corrected chi connectivity index (χ0v) is 12.3. The molecule has 1 spiro atoms. The van der Waals surface area contributed by atoms with Gasteiger partial charge in [-0.1, -0.05) is 0 Å². The number of hydrogen-bond acceptors (Lipinski definition) is 3. The quantitative estimate of drug-likeness (QED) is 0.806. The Morgan fingerprint density at radius 3 is 2.82 bits per heavy atom. The number of ether oxygens (including phenoxy) is 1. The van der Waals surface area contributed by atoms with E-state index in [9.17, 15) is 9.18 Å². The standard InChI is InChI=1S/C18H14FNO2/c1-10-18(15-8-12(19)3-6-16(15)20-10)9-11-7-13(22-2)4-5-14(11)17(18)21/h3-8H,9H2,1-2H3. The number of rotatable bonds is 1. The number of nitrogens with zero attached hydrogens (tertiary/aromatic N) is 1. The molecule has 3 nitrogen and oxygen atoms in total. The number of hydrogen-bond donors (Lipinski definition) is 0. The second-order valence-corrected chi connectivity index (χ2v) is 5.79. The molecule has 0 amide bonds. The maximum atomic E-state index is 13.7. The molecule has 0 bridgehead atoms. The predicted octanol–water partition coefficient (Wildman–Crippen LogP) is 3.62. The van der Waals surface area contributed by atoms with E-state index in [1.54, 1.807) is 25.3 Å². The third kappa shape index (κ3) is 1.49. The second kappa shape index (κ2) is 4.26. The van der Waals surface area contributed by atoms with Crippen molar-refractivity contribution in [3.8, 4) is 5.75 Å².